The third-order valence-electron chi connectivity index (χ3n) is 4.82. The van der Waals surface area contributed by atoms with Gasteiger partial charge in [-0.15, -0.1) is 0 Å². The second kappa shape index (κ2) is 9.80. The maximum atomic E-state index is 12.9. The largest absolute Gasteiger partial charge is 0.456 e. The van der Waals surface area contributed by atoms with Crippen molar-refractivity contribution >= 4 is 68.2 Å². The lowest BCUT2D eigenvalue weighted by atomic mass is 10.1. The molecule has 0 saturated carbocycles. The maximum absolute atomic E-state index is 12.9. The number of benzene rings is 2. The molecule has 0 radical (unpaired) electrons. The van der Waals surface area contributed by atoms with Gasteiger partial charge in [0, 0.05) is 16.8 Å². The molecule has 2 aromatic carbocycles. The van der Waals surface area contributed by atoms with Crippen molar-refractivity contribution in [1.29, 1.82) is 0 Å². The Labute approximate surface area is 204 Å². The van der Waals surface area contributed by atoms with E-state index in [0.29, 0.717) is 9.92 Å². The molecule has 1 heterocycles. The van der Waals surface area contributed by atoms with Gasteiger partial charge in [-0.25, -0.2) is 13.2 Å². The van der Waals surface area contributed by atoms with Crippen LogP contribution in [-0.2, 0) is 19.4 Å². The van der Waals surface area contributed by atoms with Gasteiger partial charge in [0.25, 0.3) is 11.8 Å². The lowest BCUT2D eigenvalue weighted by Gasteiger charge is -2.24. The van der Waals surface area contributed by atoms with Crippen LogP contribution in [-0.4, -0.2) is 61.5 Å². The van der Waals surface area contributed by atoms with Crippen LogP contribution in [0.1, 0.15) is 37.5 Å². The van der Waals surface area contributed by atoms with E-state index in [9.17, 15) is 27.6 Å². The molecule has 2 aromatic rings. The highest BCUT2D eigenvalue weighted by molar-refractivity contribution is 7.90. The molecule has 12 heteroatoms. The molecule has 0 aliphatic carbocycles. The molecule has 0 N–H and O–H groups in total. The number of hydrogen-bond acceptors (Lipinski definition) is 7. The van der Waals surface area contributed by atoms with Crippen molar-refractivity contribution in [2.75, 3.05) is 18.6 Å². The lowest BCUT2D eigenvalue weighted by molar-refractivity contribution is -0.147. The van der Waals surface area contributed by atoms with Crippen LogP contribution in [0.4, 0.5) is 0 Å². The summed E-state index contributed by atoms with van der Waals surface area (Å²) in [6.07, 6.45) is 0.529. The average molecular weight is 533 g/mol. The third kappa shape index (κ3) is 5.73. The molecule has 2 amide bonds. The first-order chi connectivity index (χ1) is 15.4. The number of carbonyl (C=O) groups is 4. The van der Waals surface area contributed by atoms with Crippen LogP contribution in [0.3, 0.4) is 0 Å². The van der Waals surface area contributed by atoms with E-state index < -0.39 is 58.2 Å². The van der Waals surface area contributed by atoms with Crippen molar-refractivity contribution in [3.8, 4) is 0 Å². The van der Waals surface area contributed by atoms with Crippen LogP contribution in [0.25, 0.3) is 0 Å². The fourth-order valence-corrected chi connectivity index (χ4v) is 4.27. The van der Waals surface area contributed by atoms with Crippen molar-refractivity contribution in [1.82, 2.24) is 4.90 Å². The van der Waals surface area contributed by atoms with Gasteiger partial charge in [-0.05, 0) is 42.8 Å². The standard InChI is InChI=1S/C21H16Cl3NO7S/c1-33(30,31)7-6-17(21(29)32-10-18(26)11-2-4-12(22)5-3-11)25-19(27)13-8-15(23)16(24)9-14(13)20(25)28/h2-5,8-9,17H,6-7,10H2,1H3/t17-/m1/s1. The zero-order chi connectivity index (χ0) is 24.5. The first-order valence-corrected chi connectivity index (χ1v) is 12.6. The van der Waals surface area contributed by atoms with Crippen LogP contribution < -0.4 is 0 Å². The first kappa shape index (κ1) is 25.2. The van der Waals surface area contributed by atoms with Crippen molar-refractivity contribution in [2.24, 2.45) is 0 Å². The summed E-state index contributed by atoms with van der Waals surface area (Å²) in [6.45, 7) is -0.684. The van der Waals surface area contributed by atoms with Crippen LogP contribution in [0.5, 0.6) is 0 Å². The van der Waals surface area contributed by atoms with E-state index in [4.69, 9.17) is 39.5 Å². The highest BCUT2D eigenvalue weighted by Crippen LogP contribution is 2.33. The van der Waals surface area contributed by atoms with Gasteiger partial charge in [-0.2, -0.15) is 0 Å². The molecule has 0 unspecified atom stereocenters. The lowest BCUT2D eigenvalue weighted by Crippen LogP contribution is -2.46. The summed E-state index contributed by atoms with van der Waals surface area (Å²) in [5, 5.41) is 0.472. The molecule has 1 aliphatic heterocycles. The number of hydrogen-bond donors (Lipinski definition) is 0. The Morgan fingerprint density at radius 2 is 1.48 bits per heavy atom. The summed E-state index contributed by atoms with van der Waals surface area (Å²) >= 11 is 17.7. The fraction of sp³-hybridized carbons (Fsp3) is 0.238. The minimum atomic E-state index is -3.56. The van der Waals surface area contributed by atoms with E-state index in [2.05, 4.69) is 0 Å². The summed E-state index contributed by atoms with van der Waals surface area (Å²) in [5.41, 5.74) is 0.0671. The summed E-state index contributed by atoms with van der Waals surface area (Å²) in [7, 11) is -3.56. The van der Waals surface area contributed by atoms with Gasteiger partial charge >= 0.3 is 5.97 Å². The topological polar surface area (TPSA) is 115 Å². The molecule has 0 aromatic heterocycles. The van der Waals surface area contributed by atoms with Gasteiger partial charge in [-0.3, -0.25) is 19.3 Å². The molecule has 1 aliphatic rings. The van der Waals surface area contributed by atoms with Crippen molar-refractivity contribution in [3.63, 3.8) is 0 Å². The maximum Gasteiger partial charge on any atom is 0.329 e. The molecular weight excluding hydrogens is 517 g/mol. The number of rotatable bonds is 8. The van der Waals surface area contributed by atoms with Crippen LogP contribution in [0.15, 0.2) is 36.4 Å². The number of sulfone groups is 1. The van der Waals surface area contributed by atoms with Crippen LogP contribution >= 0.6 is 34.8 Å². The first-order valence-electron chi connectivity index (χ1n) is 9.39. The van der Waals surface area contributed by atoms with Gasteiger partial charge in [0.1, 0.15) is 15.9 Å². The Morgan fingerprint density at radius 3 is 1.97 bits per heavy atom. The number of imide groups is 1. The number of Topliss-reactive ketones (excluding diaryl/α,β-unsaturated/α-hetero) is 1. The van der Waals surface area contributed by atoms with Crippen molar-refractivity contribution < 1.29 is 32.3 Å². The van der Waals surface area contributed by atoms with E-state index in [1.54, 1.807) is 0 Å². The average Bonchev–Trinajstić information content (AvgIpc) is 2.97. The van der Waals surface area contributed by atoms with Gasteiger partial charge in [-0.1, -0.05) is 34.8 Å². The number of nitrogens with zero attached hydrogens (tertiary/aromatic N) is 1. The molecule has 174 valence electrons. The highest BCUT2D eigenvalue weighted by Gasteiger charge is 2.44. The summed E-state index contributed by atoms with van der Waals surface area (Å²) < 4.78 is 28.4. The fourth-order valence-electron chi connectivity index (χ4n) is 3.17. The van der Waals surface area contributed by atoms with E-state index >= 15 is 0 Å². The SMILES string of the molecule is CS(=O)(=O)CC[C@H](C(=O)OCC(=O)c1ccc(Cl)cc1)N1C(=O)c2cc(Cl)c(Cl)cc2C1=O. The zero-order valence-electron chi connectivity index (χ0n) is 17.0. The molecule has 1 atom stereocenters. The Morgan fingerprint density at radius 1 is 0.970 bits per heavy atom. The Kier molecular flexibility index (Phi) is 7.48. The quantitative estimate of drug-likeness (QED) is 0.290. The van der Waals surface area contributed by atoms with Crippen LogP contribution in [0.2, 0.25) is 15.1 Å². The molecule has 0 saturated heterocycles. The highest BCUT2D eigenvalue weighted by atomic mass is 35.5. The minimum Gasteiger partial charge on any atom is -0.456 e. The zero-order valence-corrected chi connectivity index (χ0v) is 20.1. The molecule has 8 nitrogen and oxygen atoms in total. The van der Waals surface area contributed by atoms with Gasteiger partial charge in [0.15, 0.2) is 12.4 Å². The van der Waals surface area contributed by atoms with Gasteiger partial charge in [0.05, 0.1) is 26.9 Å². The molecule has 0 bridgehead atoms. The minimum absolute atomic E-state index is 0.0299. The van der Waals surface area contributed by atoms with Gasteiger partial charge in [0.2, 0.25) is 0 Å². The number of ether oxygens (including phenoxy) is 1. The number of carbonyl (C=O) groups excluding carboxylic acids is 4. The predicted octanol–water partition coefficient (Wildman–Crippen LogP) is 3.47. The summed E-state index contributed by atoms with van der Waals surface area (Å²) in [5.74, 6) is -3.87. The predicted molar refractivity (Wildman–Crippen MR) is 122 cm³/mol. The van der Waals surface area contributed by atoms with Crippen molar-refractivity contribution in [2.45, 2.75) is 12.5 Å². The number of ketones is 1. The van der Waals surface area contributed by atoms with Crippen molar-refractivity contribution in [3.05, 3.63) is 68.2 Å². The monoisotopic (exact) mass is 531 g/mol. The second-order valence-corrected chi connectivity index (χ2v) is 10.8. The Balaban J connectivity index is 1.84. The molecule has 0 fully saturated rings. The number of amides is 2. The van der Waals surface area contributed by atoms with Crippen LogP contribution in [0, 0.1) is 0 Å². The normalized spacial score (nSPS) is 14.2. The van der Waals surface area contributed by atoms with E-state index in [1.165, 1.54) is 36.4 Å². The second-order valence-electron chi connectivity index (χ2n) is 7.26. The van der Waals surface area contributed by atoms with E-state index in [0.717, 1.165) is 6.26 Å². The number of fused-ring (bicyclic) bond motifs is 1. The smallest absolute Gasteiger partial charge is 0.329 e. The van der Waals surface area contributed by atoms with E-state index in [-0.39, 0.29) is 26.7 Å². The number of halogens is 3. The molecule has 0 spiro atoms. The molecule has 3 rings (SSSR count). The summed E-state index contributed by atoms with van der Waals surface area (Å²) in [4.78, 5) is 51.5. The molecule has 33 heavy (non-hydrogen) atoms. The van der Waals surface area contributed by atoms with E-state index in [1.807, 2.05) is 0 Å². The Bertz CT molecular complexity index is 1220. The Hall–Kier alpha value is -2.46. The summed E-state index contributed by atoms with van der Waals surface area (Å²) in [6, 6.07) is 6.67. The number of esters is 1. The van der Waals surface area contributed by atoms with Gasteiger partial charge < -0.3 is 4.74 Å². The molecular formula is C21H16Cl3NO7S. The third-order valence-corrected chi connectivity index (χ3v) is 6.77.